The second kappa shape index (κ2) is 8.54. The van der Waals surface area contributed by atoms with E-state index in [2.05, 4.69) is 0 Å². The van der Waals surface area contributed by atoms with Crippen LogP contribution >= 0.6 is 11.6 Å². The summed E-state index contributed by atoms with van der Waals surface area (Å²) in [5, 5.41) is 0.370. The third-order valence-electron chi connectivity index (χ3n) is 5.82. The van der Waals surface area contributed by atoms with Crippen LogP contribution in [0.15, 0.2) is 65.6 Å². The van der Waals surface area contributed by atoms with Crippen LogP contribution < -0.4 is 14.8 Å². The number of anilines is 1. The molecule has 0 unspecified atom stereocenters. The molecular formula is C24H25ClN2O3S. The third kappa shape index (κ3) is 4.03. The molecule has 3 aromatic rings. The molecule has 0 bridgehead atoms. The van der Waals surface area contributed by atoms with E-state index in [1.807, 2.05) is 36.4 Å². The Hall–Kier alpha value is -2.54. The fourth-order valence-electron chi connectivity index (χ4n) is 4.18. The fourth-order valence-corrected chi connectivity index (χ4v) is 5.89. The van der Waals surface area contributed by atoms with Gasteiger partial charge in [-0.15, -0.1) is 0 Å². The average molecular weight is 457 g/mol. The van der Waals surface area contributed by atoms with Crippen molar-refractivity contribution in [1.29, 1.82) is 0 Å². The summed E-state index contributed by atoms with van der Waals surface area (Å²) in [6, 6.07) is 18.1. The van der Waals surface area contributed by atoms with E-state index >= 15 is 0 Å². The zero-order chi connectivity index (χ0) is 22.2. The lowest BCUT2D eigenvalue weighted by Crippen LogP contribution is -2.32. The number of nitrogens with zero attached hydrogens (tertiary/aromatic N) is 1. The van der Waals surface area contributed by atoms with Gasteiger partial charge in [0.2, 0.25) is 0 Å². The Kier molecular flexibility index (Phi) is 5.97. The van der Waals surface area contributed by atoms with Crippen LogP contribution in [-0.2, 0) is 22.9 Å². The van der Waals surface area contributed by atoms with Crippen LogP contribution in [0.1, 0.15) is 17.5 Å². The normalized spacial score (nSPS) is 15.9. The monoisotopic (exact) mass is 456 g/mol. The highest BCUT2D eigenvalue weighted by atomic mass is 35.5. The summed E-state index contributed by atoms with van der Waals surface area (Å²) in [6.07, 6.45) is 2.16. The van der Waals surface area contributed by atoms with Crippen molar-refractivity contribution in [1.82, 2.24) is 0 Å². The number of fused-ring (bicyclic) bond motifs is 1. The van der Waals surface area contributed by atoms with Crippen LogP contribution in [0.3, 0.4) is 0 Å². The van der Waals surface area contributed by atoms with Crippen LogP contribution in [0.2, 0.25) is 5.02 Å². The Morgan fingerprint density at radius 1 is 1.06 bits per heavy atom. The largest absolute Gasteiger partial charge is 0.496 e. The van der Waals surface area contributed by atoms with Gasteiger partial charge in [0.25, 0.3) is 10.0 Å². The summed E-state index contributed by atoms with van der Waals surface area (Å²) in [4.78, 5) is 0.172. The van der Waals surface area contributed by atoms with Crippen molar-refractivity contribution in [3.8, 4) is 16.9 Å². The minimum atomic E-state index is -3.88. The van der Waals surface area contributed by atoms with Crippen molar-refractivity contribution in [2.75, 3.05) is 18.5 Å². The first-order valence-corrected chi connectivity index (χ1v) is 11.9. The molecule has 4 rings (SSSR count). The maximum absolute atomic E-state index is 13.8. The Balaban J connectivity index is 1.85. The molecule has 31 heavy (non-hydrogen) atoms. The van der Waals surface area contributed by atoms with Crippen molar-refractivity contribution in [3.63, 3.8) is 0 Å². The molecule has 0 saturated heterocycles. The molecule has 7 heteroatoms. The van der Waals surface area contributed by atoms with Gasteiger partial charge in [0.15, 0.2) is 0 Å². The van der Waals surface area contributed by atoms with Crippen LogP contribution in [0.4, 0.5) is 5.69 Å². The number of ether oxygens (including phenoxy) is 1. The molecule has 3 aromatic carbocycles. The molecule has 1 aliphatic rings. The highest BCUT2D eigenvalue weighted by Crippen LogP contribution is 2.39. The zero-order valence-corrected chi connectivity index (χ0v) is 19.1. The van der Waals surface area contributed by atoms with Gasteiger partial charge in [0, 0.05) is 29.2 Å². The maximum Gasteiger partial charge on any atom is 0.264 e. The molecule has 0 radical (unpaired) electrons. The lowest BCUT2D eigenvalue weighted by Gasteiger charge is -2.30. The Bertz CT molecular complexity index is 1210. The minimum absolute atomic E-state index is 0.0381. The minimum Gasteiger partial charge on any atom is -0.496 e. The van der Waals surface area contributed by atoms with Crippen LogP contribution in [-0.4, -0.2) is 28.6 Å². The molecule has 0 amide bonds. The Labute approximate surface area is 188 Å². The van der Waals surface area contributed by atoms with Gasteiger partial charge < -0.3 is 10.5 Å². The second-order valence-corrected chi connectivity index (χ2v) is 10.1. The van der Waals surface area contributed by atoms with E-state index in [9.17, 15) is 8.42 Å². The summed E-state index contributed by atoms with van der Waals surface area (Å²) >= 11 is 6.22. The number of nitrogens with two attached hydrogens (primary N) is 1. The quantitative estimate of drug-likeness (QED) is 0.606. The number of hydrogen-bond donors (Lipinski definition) is 1. The van der Waals surface area contributed by atoms with E-state index in [0.29, 0.717) is 29.1 Å². The first kappa shape index (κ1) is 21.7. The number of halogens is 1. The number of rotatable bonds is 5. The maximum atomic E-state index is 13.8. The van der Waals surface area contributed by atoms with E-state index in [4.69, 9.17) is 22.1 Å². The molecule has 5 nitrogen and oxygen atoms in total. The topological polar surface area (TPSA) is 72.6 Å². The van der Waals surface area contributed by atoms with E-state index in [1.165, 1.54) is 10.4 Å². The molecule has 1 aliphatic carbocycles. The molecule has 2 N–H and O–H groups in total. The summed E-state index contributed by atoms with van der Waals surface area (Å²) in [5.74, 6) is 0.743. The molecule has 0 fully saturated rings. The van der Waals surface area contributed by atoms with E-state index in [-0.39, 0.29) is 10.9 Å². The van der Waals surface area contributed by atoms with Gasteiger partial charge >= 0.3 is 0 Å². The average Bonchev–Trinajstić information content (AvgIpc) is 2.78. The molecule has 0 spiro atoms. The van der Waals surface area contributed by atoms with Crippen molar-refractivity contribution in [3.05, 3.63) is 76.8 Å². The summed E-state index contributed by atoms with van der Waals surface area (Å²) in [7, 11) is -0.679. The molecule has 1 atom stereocenters. The molecule has 0 aliphatic heterocycles. The predicted molar refractivity (Wildman–Crippen MR) is 125 cm³/mol. The van der Waals surface area contributed by atoms with Crippen molar-refractivity contribution < 1.29 is 13.2 Å². The molecule has 0 heterocycles. The third-order valence-corrected chi connectivity index (χ3v) is 7.87. The van der Waals surface area contributed by atoms with Gasteiger partial charge in [-0.2, -0.15) is 0 Å². The van der Waals surface area contributed by atoms with Gasteiger partial charge in [-0.1, -0.05) is 48.0 Å². The second-order valence-electron chi connectivity index (χ2n) is 7.73. The Morgan fingerprint density at radius 2 is 1.81 bits per heavy atom. The predicted octanol–water partition coefficient (Wildman–Crippen LogP) is 4.66. The molecular weight excluding hydrogens is 432 g/mol. The number of benzene rings is 3. The standard InChI is InChI=1S/C24H25ClN2O3S/c1-27(22-12-13-23(30-2)21-15-18(26)9-11-20(21)22)31(28,29)24-14-17(25)8-10-19(24)16-6-4-3-5-7-16/h3-8,10,12-14,18H,9,11,15,26H2,1-2H3/t18-/m0/s1. The van der Waals surface area contributed by atoms with E-state index in [0.717, 1.165) is 28.9 Å². The number of methoxy groups -OCH3 is 1. The van der Waals surface area contributed by atoms with Crippen LogP contribution in [0.5, 0.6) is 5.75 Å². The van der Waals surface area contributed by atoms with Crippen molar-refractivity contribution in [2.24, 2.45) is 5.73 Å². The van der Waals surface area contributed by atoms with E-state index in [1.54, 1.807) is 32.4 Å². The molecule has 0 aromatic heterocycles. The highest BCUT2D eigenvalue weighted by molar-refractivity contribution is 7.93. The van der Waals surface area contributed by atoms with Crippen molar-refractivity contribution >= 4 is 27.3 Å². The SMILES string of the molecule is COc1ccc(N(C)S(=O)(=O)c2cc(Cl)ccc2-c2ccccc2)c2c1C[C@@H](N)CC2. The fraction of sp³-hybridized carbons (Fsp3) is 0.250. The van der Waals surface area contributed by atoms with Crippen molar-refractivity contribution in [2.45, 2.75) is 30.2 Å². The van der Waals surface area contributed by atoms with Gasteiger partial charge in [-0.25, -0.2) is 8.42 Å². The van der Waals surface area contributed by atoms with Gasteiger partial charge in [0.1, 0.15) is 5.75 Å². The number of hydrogen-bond acceptors (Lipinski definition) is 4. The summed E-state index contributed by atoms with van der Waals surface area (Å²) < 4.78 is 34.5. The summed E-state index contributed by atoms with van der Waals surface area (Å²) in [6.45, 7) is 0. The lowest BCUT2D eigenvalue weighted by atomic mass is 9.87. The zero-order valence-electron chi connectivity index (χ0n) is 17.5. The first-order chi connectivity index (χ1) is 14.8. The van der Waals surface area contributed by atoms with Crippen LogP contribution in [0, 0.1) is 0 Å². The van der Waals surface area contributed by atoms with Crippen LogP contribution in [0.25, 0.3) is 11.1 Å². The smallest absolute Gasteiger partial charge is 0.264 e. The Morgan fingerprint density at radius 3 is 2.52 bits per heavy atom. The molecule has 0 saturated carbocycles. The van der Waals surface area contributed by atoms with E-state index < -0.39 is 10.0 Å². The first-order valence-electron chi connectivity index (χ1n) is 10.1. The lowest BCUT2D eigenvalue weighted by molar-refractivity contribution is 0.403. The summed E-state index contributed by atoms with van der Waals surface area (Å²) in [5.41, 5.74) is 10.2. The molecule has 162 valence electrons. The van der Waals surface area contributed by atoms with Gasteiger partial charge in [0.05, 0.1) is 17.7 Å². The van der Waals surface area contributed by atoms with Gasteiger partial charge in [-0.05, 0) is 54.7 Å². The van der Waals surface area contributed by atoms with Gasteiger partial charge in [-0.3, -0.25) is 4.31 Å². The number of sulfonamides is 1. The highest BCUT2D eigenvalue weighted by Gasteiger charge is 2.30.